The summed E-state index contributed by atoms with van der Waals surface area (Å²) in [7, 11) is 0. The van der Waals surface area contributed by atoms with Crippen LogP contribution in [0, 0.1) is 17.6 Å². The van der Waals surface area contributed by atoms with Crippen molar-refractivity contribution in [1.82, 2.24) is 10.2 Å². The Labute approximate surface area is 147 Å². The first-order valence-electron chi connectivity index (χ1n) is 9.06. The van der Waals surface area contributed by atoms with Gasteiger partial charge in [-0.25, -0.2) is 8.78 Å². The van der Waals surface area contributed by atoms with Crippen LogP contribution in [0.4, 0.5) is 8.78 Å². The fourth-order valence-corrected chi connectivity index (χ4v) is 3.52. The van der Waals surface area contributed by atoms with E-state index in [-0.39, 0.29) is 12.5 Å². The third kappa shape index (κ3) is 5.22. The van der Waals surface area contributed by atoms with Gasteiger partial charge in [0, 0.05) is 31.2 Å². The van der Waals surface area contributed by atoms with E-state index in [1.165, 1.54) is 25.0 Å². The van der Waals surface area contributed by atoms with E-state index in [4.69, 9.17) is 5.11 Å². The number of nitrogens with one attached hydrogen (secondary N) is 1. The van der Waals surface area contributed by atoms with Crippen LogP contribution in [0.1, 0.15) is 44.1 Å². The summed E-state index contributed by atoms with van der Waals surface area (Å²) in [6, 6.07) is 4.32. The molecule has 2 aliphatic rings. The second kappa shape index (κ2) is 7.79. The Kier molecular flexibility index (Phi) is 5.69. The number of carbonyl (C=O) groups is 1. The molecule has 0 aliphatic heterocycles. The topological polar surface area (TPSA) is 52.6 Å². The van der Waals surface area contributed by atoms with Crippen molar-refractivity contribution in [2.45, 2.75) is 50.6 Å². The molecule has 0 aromatic heterocycles. The molecule has 1 atom stereocenters. The van der Waals surface area contributed by atoms with Crippen LogP contribution in [0.25, 0.3) is 0 Å². The SMILES string of the molecule is CC(CNC1CC(N(CC(=O)O)CC2CC2)C1)c1cc(F)cc(F)c1. The summed E-state index contributed by atoms with van der Waals surface area (Å²) in [4.78, 5) is 13.1. The summed E-state index contributed by atoms with van der Waals surface area (Å²) in [6.07, 6.45) is 4.30. The molecule has 6 heteroatoms. The minimum Gasteiger partial charge on any atom is -0.480 e. The highest BCUT2D eigenvalue weighted by Gasteiger charge is 2.36. The second-order valence-electron chi connectivity index (χ2n) is 7.60. The Bertz CT molecular complexity index is 595. The minimum atomic E-state index is -0.765. The van der Waals surface area contributed by atoms with Crippen LogP contribution in [0.15, 0.2) is 18.2 Å². The minimum absolute atomic E-state index is 0.0193. The number of rotatable bonds is 9. The van der Waals surface area contributed by atoms with E-state index in [2.05, 4.69) is 10.2 Å². The number of halogens is 2. The molecule has 0 spiro atoms. The summed E-state index contributed by atoms with van der Waals surface area (Å²) in [6.45, 7) is 3.61. The van der Waals surface area contributed by atoms with Gasteiger partial charge in [-0.05, 0) is 55.2 Å². The maximum atomic E-state index is 13.3. The van der Waals surface area contributed by atoms with E-state index in [9.17, 15) is 13.6 Å². The van der Waals surface area contributed by atoms with Crippen molar-refractivity contribution >= 4 is 5.97 Å². The van der Waals surface area contributed by atoms with Gasteiger partial charge in [0.1, 0.15) is 11.6 Å². The quantitative estimate of drug-likeness (QED) is 0.717. The van der Waals surface area contributed by atoms with Crippen LogP contribution in [-0.4, -0.2) is 47.7 Å². The standard InChI is InChI=1S/C19H26F2N2O2/c1-12(14-4-15(20)6-16(21)5-14)9-22-17-7-18(8-17)23(11-19(24)25)10-13-2-3-13/h4-6,12-13,17-18,22H,2-3,7-11H2,1H3,(H,24,25). The Balaban J connectivity index is 1.43. The second-order valence-corrected chi connectivity index (χ2v) is 7.60. The third-order valence-corrected chi connectivity index (χ3v) is 5.32. The lowest BCUT2D eigenvalue weighted by molar-refractivity contribution is -0.139. The van der Waals surface area contributed by atoms with Crippen LogP contribution in [0.2, 0.25) is 0 Å². The molecule has 3 rings (SSSR count). The monoisotopic (exact) mass is 352 g/mol. The molecule has 0 heterocycles. The number of carboxylic acid groups (broad SMARTS) is 1. The molecule has 0 saturated heterocycles. The van der Waals surface area contributed by atoms with Crippen LogP contribution in [-0.2, 0) is 4.79 Å². The molecule has 2 saturated carbocycles. The Morgan fingerprint density at radius 3 is 2.48 bits per heavy atom. The summed E-state index contributed by atoms with van der Waals surface area (Å²) in [5.41, 5.74) is 0.655. The van der Waals surface area contributed by atoms with E-state index in [0.29, 0.717) is 30.1 Å². The van der Waals surface area contributed by atoms with E-state index in [1.54, 1.807) is 0 Å². The fourth-order valence-electron chi connectivity index (χ4n) is 3.52. The fraction of sp³-hybridized carbons (Fsp3) is 0.632. The first-order chi connectivity index (χ1) is 11.9. The molecular weight excluding hydrogens is 326 g/mol. The smallest absolute Gasteiger partial charge is 0.317 e. The Morgan fingerprint density at radius 1 is 1.28 bits per heavy atom. The van der Waals surface area contributed by atoms with Gasteiger partial charge in [0.15, 0.2) is 0 Å². The predicted molar refractivity (Wildman–Crippen MR) is 91.5 cm³/mol. The normalized spacial score (nSPS) is 24.2. The highest BCUT2D eigenvalue weighted by Crippen LogP contribution is 2.34. The molecule has 2 N–H and O–H groups in total. The van der Waals surface area contributed by atoms with Crippen molar-refractivity contribution < 1.29 is 18.7 Å². The van der Waals surface area contributed by atoms with Crippen molar-refractivity contribution in [3.63, 3.8) is 0 Å². The predicted octanol–water partition coefficient (Wildman–Crippen LogP) is 2.99. The Hall–Kier alpha value is -1.53. The number of hydrogen-bond acceptors (Lipinski definition) is 3. The largest absolute Gasteiger partial charge is 0.480 e. The summed E-state index contributed by atoms with van der Waals surface area (Å²) in [5, 5.41) is 12.5. The summed E-state index contributed by atoms with van der Waals surface area (Å²) >= 11 is 0. The van der Waals surface area contributed by atoms with Crippen molar-refractivity contribution in [3.8, 4) is 0 Å². The summed E-state index contributed by atoms with van der Waals surface area (Å²) < 4.78 is 26.6. The number of hydrogen-bond donors (Lipinski definition) is 2. The molecule has 4 nitrogen and oxygen atoms in total. The third-order valence-electron chi connectivity index (χ3n) is 5.32. The van der Waals surface area contributed by atoms with Crippen molar-refractivity contribution in [2.24, 2.45) is 5.92 Å². The molecule has 1 aromatic carbocycles. The highest BCUT2D eigenvalue weighted by atomic mass is 19.1. The van der Waals surface area contributed by atoms with Gasteiger partial charge in [0.25, 0.3) is 0 Å². The van der Waals surface area contributed by atoms with E-state index in [1.807, 2.05) is 6.92 Å². The maximum absolute atomic E-state index is 13.3. The molecule has 1 aromatic rings. The molecule has 138 valence electrons. The maximum Gasteiger partial charge on any atom is 0.317 e. The van der Waals surface area contributed by atoms with Gasteiger partial charge in [-0.15, -0.1) is 0 Å². The van der Waals surface area contributed by atoms with E-state index < -0.39 is 17.6 Å². The zero-order valence-electron chi connectivity index (χ0n) is 14.5. The van der Waals surface area contributed by atoms with Crippen LogP contribution in [0.3, 0.4) is 0 Å². The number of aliphatic carboxylic acids is 1. The van der Waals surface area contributed by atoms with E-state index in [0.717, 1.165) is 25.5 Å². The first kappa shape index (κ1) is 18.3. The molecule has 0 amide bonds. The van der Waals surface area contributed by atoms with Gasteiger partial charge in [-0.3, -0.25) is 9.69 Å². The number of carboxylic acids is 1. The highest BCUT2D eigenvalue weighted by molar-refractivity contribution is 5.69. The van der Waals surface area contributed by atoms with Gasteiger partial charge in [-0.2, -0.15) is 0 Å². The molecule has 2 aliphatic carbocycles. The number of nitrogens with zero attached hydrogens (tertiary/aromatic N) is 1. The Morgan fingerprint density at radius 2 is 1.92 bits per heavy atom. The molecule has 2 fully saturated rings. The van der Waals surface area contributed by atoms with Crippen LogP contribution >= 0.6 is 0 Å². The molecule has 0 bridgehead atoms. The zero-order chi connectivity index (χ0) is 18.0. The van der Waals surface area contributed by atoms with Crippen molar-refractivity contribution in [3.05, 3.63) is 35.4 Å². The zero-order valence-corrected chi connectivity index (χ0v) is 14.5. The van der Waals surface area contributed by atoms with Gasteiger partial charge >= 0.3 is 5.97 Å². The average Bonchev–Trinajstić information content (AvgIpc) is 3.27. The molecular formula is C19H26F2N2O2. The molecule has 0 radical (unpaired) electrons. The lowest BCUT2D eigenvalue weighted by Gasteiger charge is -2.43. The van der Waals surface area contributed by atoms with Crippen LogP contribution in [0.5, 0.6) is 0 Å². The van der Waals surface area contributed by atoms with Gasteiger partial charge in [0.05, 0.1) is 6.54 Å². The van der Waals surface area contributed by atoms with Crippen LogP contribution < -0.4 is 5.32 Å². The lowest BCUT2D eigenvalue weighted by atomic mass is 9.84. The summed E-state index contributed by atoms with van der Waals surface area (Å²) in [5.74, 6) is -1.16. The van der Waals surface area contributed by atoms with Crippen molar-refractivity contribution in [2.75, 3.05) is 19.6 Å². The van der Waals surface area contributed by atoms with Gasteiger partial charge < -0.3 is 10.4 Å². The van der Waals surface area contributed by atoms with E-state index >= 15 is 0 Å². The number of benzene rings is 1. The molecule has 1 unspecified atom stereocenters. The average molecular weight is 352 g/mol. The van der Waals surface area contributed by atoms with Crippen molar-refractivity contribution in [1.29, 1.82) is 0 Å². The lowest BCUT2D eigenvalue weighted by Crippen LogP contribution is -2.54. The first-order valence-corrected chi connectivity index (χ1v) is 9.06. The molecule has 25 heavy (non-hydrogen) atoms. The van der Waals surface area contributed by atoms with Gasteiger partial charge in [0.2, 0.25) is 0 Å². The van der Waals surface area contributed by atoms with Gasteiger partial charge in [-0.1, -0.05) is 6.92 Å².